The van der Waals surface area contributed by atoms with Crippen LogP contribution in [0.1, 0.15) is 43.5 Å². The first kappa shape index (κ1) is 20.7. The number of benzene rings is 1. The Labute approximate surface area is 195 Å². The average molecular weight is 455 g/mol. The maximum atomic E-state index is 14.3. The van der Waals surface area contributed by atoms with Crippen LogP contribution in [-0.2, 0) is 16.8 Å². The lowest BCUT2D eigenvalue weighted by molar-refractivity contribution is -0.119. The number of anilines is 1. The van der Waals surface area contributed by atoms with Gasteiger partial charge in [-0.15, -0.1) is 0 Å². The highest BCUT2D eigenvalue weighted by Gasteiger charge is 2.42. The molecule has 1 amide bonds. The molecule has 1 N–H and O–H groups in total. The quantitative estimate of drug-likeness (QED) is 0.471. The van der Waals surface area contributed by atoms with Crippen molar-refractivity contribution in [1.82, 2.24) is 24.7 Å². The zero-order valence-corrected chi connectivity index (χ0v) is 18.9. The molecule has 34 heavy (non-hydrogen) atoms. The Hall–Kier alpha value is -3.94. The van der Waals surface area contributed by atoms with Gasteiger partial charge >= 0.3 is 0 Å². The largest absolute Gasteiger partial charge is 0.310 e. The first-order chi connectivity index (χ1) is 16.4. The van der Waals surface area contributed by atoms with Crippen molar-refractivity contribution < 1.29 is 9.18 Å². The number of nitrogens with one attached hydrogen (secondary N) is 1. The van der Waals surface area contributed by atoms with Gasteiger partial charge in [-0.3, -0.25) is 4.79 Å². The molecule has 4 aromatic rings. The van der Waals surface area contributed by atoms with Gasteiger partial charge in [0.1, 0.15) is 17.3 Å². The molecule has 170 valence electrons. The van der Waals surface area contributed by atoms with Crippen LogP contribution in [0.4, 0.5) is 10.2 Å². The van der Waals surface area contributed by atoms with Gasteiger partial charge < -0.3 is 5.32 Å². The number of hydrogen-bond acceptors (Lipinski definition) is 5. The van der Waals surface area contributed by atoms with Gasteiger partial charge in [0.05, 0.1) is 23.0 Å². The summed E-state index contributed by atoms with van der Waals surface area (Å²) in [5, 5.41) is 8.43. The fourth-order valence-electron chi connectivity index (χ4n) is 4.38. The van der Waals surface area contributed by atoms with E-state index in [9.17, 15) is 9.18 Å². The number of rotatable bonds is 5. The van der Waals surface area contributed by atoms with Gasteiger partial charge in [-0.05, 0) is 56.9 Å². The molecule has 1 saturated carbocycles. The van der Waals surface area contributed by atoms with Crippen LogP contribution < -0.4 is 5.32 Å². The predicted octanol–water partition coefficient (Wildman–Crippen LogP) is 4.73. The van der Waals surface area contributed by atoms with Crippen molar-refractivity contribution in [2.24, 2.45) is 5.92 Å². The molecule has 7 nitrogen and oxygen atoms in total. The first-order valence-corrected chi connectivity index (χ1v) is 11.4. The number of halogens is 1. The molecule has 0 unspecified atom stereocenters. The molecule has 8 heteroatoms. The van der Waals surface area contributed by atoms with E-state index in [1.54, 1.807) is 29.1 Å². The Kier molecular flexibility index (Phi) is 4.58. The van der Waals surface area contributed by atoms with E-state index in [0.29, 0.717) is 34.5 Å². The van der Waals surface area contributed by atoms with Crippen LogP contribution >= 0.6 is 0 Å². The van der Waals surface area contributed by atoms with Crippen molar-refractivity contribution in [3.8, 4) is 11.5 Å². The molecule has 1 aliphatic heterocycles. The molecule has 0 bridgehead atoms. The predicted molar refractivity (Wildman–Crippen MR) is 127 cm³/mol. The van der Waals surface area contributed by atoms with Gasteiger partial charge in [0.2, 0.25) is 5.91 Å². The first-order valence-electron chi connectivity index (χ1n) is 11.4. The smallest absolute Gasteiger partial charge is 0.235 e. The fraction of sp³-hybridized carbons (Fsp3) is 0.269. The minimum atomic E-state index is -0.731. The Balaban J connectivity index is 1.51. The van der Waals surface area contributed by atoms with Crippen molar-refractivity contribution in [3.05, 3.63) is 71.3 Å². The zero-order chi connectivity index (χ0) is 23.4. The molecular weight excluding hydrogens is 431 g/mol. The van der Waals surface area contributed by atoms with Crippen LogP contribution in [-0.4, -0.2) is 30.6 Å². The van der Waals surface area contributed by atoms with Crippen LogP contribution in [0.15, 0.2) is 48.7 Å². The molecule has 6 rings (SSSR count). The molecule has 0 atom stereocenters. The topological polar surface area (TPSA) is 85.6 Å². The number of fused-ring (bicyclic) bond motifs is 2. The molecular formula is C26H23FN6O. The minimum Gasteiger partial charge on any atom is -0.310 e. The number of carbonyl (C=O) groups excluding carboxylic acids is 1. The van der Waals surface area contributed by atoms with E-state index in [2.05, 4.69) is 16.4 Å². The Morgan fingerprint density at radius 2 is 2.00 bits per heavy atom. The van der Waals surface area contributed by atoms with E-state index in [4.69, 9.17) is 15.1 Å². The molecule has 1 fully saturated rings. The standard InChI is InChI=1S/C26H23FN6O/c1-26(2)20-19(12-11-15-9-10-15)29-23(30-22(20)31-25(26)34)21-17-7-5-13-28-24(17)33(32-21)14-16-6-3-4-8-18(16)27/h3-8,11-13,15H,9-10,14H2,1-2H3,(H,29,30,31,34). The van der Waals surface area contributed by atoms with Crippen LogP contribution in [0.5, 0.6) is 0 Å². The highest BCUT2D eigenvalue weighted by molar-refractivity contribution is 6.06. The average Bonchev–Trinajstić information content (AvgIpc) is 3.54. The van der Waals surface area contributed by atoms with E-state index in [-0.39, 0.29) is 18.3 Å². The monoisotopic (exact) mass is 454 g/mol. The number of carbonyl (C=O) groups is 1. The summed E-state index contributed by atoms with van der Waals surface area (Å²) >= 11 is 0. The number of nitrogens with zero attached hydrogens (tertiary/aromatic N) is 5. The molecule has 3 aromatic heterocycles. The maximum absolute atomic E-state index is 14.3. The number of amides is 1. The van der Waals surface area contributed by atoms with E-state index in [1.165, 1.54) is 18.9 Å². The van der Waals surface area contributed by atoms with Crippen molar-refractivity contribution in [2.45, 2.75) is 38.6 Å². The summed E-state index contributed by atoms with van der Waals surface area (Å²) in [6.07, 6.45) is 8.19. The van der Waals surface area contributed by atoms with Crippen molar-refractivity contribution in [3.63, 3.8) is 0 Å². The van der Waals surface area contributed by atoms with Crippen molar-refractivity contribution in [1.29, 1.82) is 0 Å². The number of aromatic nitrogens is 5. The fourth-order valence-corrected chi connectivity index (χ4v) is 4.38. The zero-order valence-electron chi connectivity index (χ0n) is 18.9. The lowest BCUT2D eigenvalue weighted by Crippen LogP contribution is -2.27. The minimum absolute atomic E-state index is 0.105. The Bertz CT molecular complexity index is 1480. The summed E-state index contributed by atoms with van der Waals surface area (Å²) in [4.78, 5) is 26.7. The lowest BCUT2D eigenvalue weighted by Gasteiger charge is -2.16. The maximum Gasteiger partial charge on any atom is 0.235 e. The number of allylic oxidation sites excluding steroid dienone is 1. The summed E-state index contributed by atoms with van der Waals surface area (Å²) in [5.41, 5.74) is 2.46. The van der Waals surface area contributed by atoms with E-state index in [0.717, 1.165) is 16.6 Å². The van der Waals surface area contributed by atoms with Gasteiger partial charge in [-0.1, -0.05) is 24.3 Å². The molecule has 0 saturated heterocycles. The second-order valence-electron chi connectivity index (χ2n) is 9.40. The van der Waals surface area contributed by atoms with Crippen LogP contribution in [0, 0.1) is 11.7 Å². The van der Waals surface area contributed by atoms with Crippen LogP contribution in [0.25, 0.3) is 28.6 Å². The molecule has 0 radical (unpaired) electrons. The SMILES string of the molecule is CC1(C)C(=O)Nc2nc(-c3nn(Cc4ccccc4F)c4ncccc34)nc(C=CC3CC3)c21. The second-order valence-corrected chi connectivity index (χ2v) is 9.40. The summed E-state index contributed by atoms with van der Waals surface area (Å²) in [5.74, 6) is 1.07. The molecule has 2 aliphatic rings. The highest BCUT2D eigenvalue weighted by Crippen LogP contribution is 2.41. The third kappa shape index (κ3) is 3.37. The molecule has 4 heterocycles. The van der Waals surface area contributed by atoms with Crippen molar-refractivity contribution >= 4 is 28.8 Å². The normalized spacial score (nSPS) is 16.9. The van der Waals surface area contributed by atoms with Gasteiger partial charge in [-0.2, -0.15) is 5.10 Å². The Morgan fingerprint density at radius 1 is 1.18 bits per heavy atom. The van der Waals surface area contributed by atoms with E-state index < -0.39 is 5.41 Å². The van der Waals surface area contributed by atoms with Gasteiger partial charge in [0.15, 0.2) is 11.5 Å². The summed E-state index contributed by atoms with van der Waals surface area (Å²) < 4.78 is 16.0. The second kappa shape index (κ2) is 7.55. The summed E-state index contributed by atoms with van der Waals surface area (Å²) in [6.45, 7) is 3.99. The number of pyridine rings is 1. The molecule has 0 spiro atoms. The number of hydrogen-bond donors (Lipinski definition) is 1. The summed E-state index contributed by atoms with van der Waals surface area (Å²) in [7, 11) is 0. The lowest BCUT2D eigenvalue weighted by atomic mass is 9.85. The summed E-state index contributed by atoms with van der Waals surface area (Å²) in [6, 6.07) is 10.4. The molecule has 1 aliphatic carbocycles. The van der Waals surface area contributed by atoms with Crippen molar-refractivity contribution in [2.75, 3.05) is 5.32 Å². The Morgan fingerprint density at radius 3 is 2.79 bits per heavy atom. The third-order valence-electron chi connectivity index (χ3n) is 6.51. The van der Waals surface area contributed by atoms with Crippen LogP contribution in [0.2, 0.25) is 0 Å². The third-order valence-corrected chi connectivity index (χ3v) is 6.51. The van der Waals surface area contributed by atoms with E-state index >= 15 is 0 Å². The van der Waals surface area contributed by atoms with Crippen LogP contribution in [0.3, 0.4) is 0 Å². The van der Waals surface area contributed by atoms with Gasteiger partial charge in [-0.25, -0.2) is 24.0 Å². The van der Waals surface area contributed by atoms with Gasteiger partial charge in [0.25, 0.3) is 0 Å². The molecule has 1 aromatic carbocycles. The van der Waals surface area contributed by atoms with Gasteiger partial charge in [0, 0.05) is 17.3 Å². The highest BCUT2D eigenvalue weighted by atomic mass is 19.1. The van der Waals surface area contributed by atoms with E-state index in [1.807, 2.05) is 32.1 Å².